The van der Waals surface area contributed by atoms with Gasteiger partial charge in [-0.1, -0.05) is 23.7 Å². The molecule has 2 aromatic rings. The molecule has 186 valence electrons. The zero-order chi connectivity index (χ0) is 25.4. The molecule has 3 aliphatic rings. The van der Waals surface area contributed by atoms with Gasteiger partial charge in [0, 0.05) is 53.1 Å². The molecule has 1 heterocycles. The van der Waals surface area contributed by atoms with Crippen LogP contribution in [0, 0.1) is 13.8 Å². The van der Waals surface area contributed by atoms with E-state index in [0.29, 0.717) is 64.7 Å². The second-order valence-corrected chi connectivity index (χ2v) is 9.97. The summed E-state index contributed by atoms with van der Waals surface area (Å²) in [5, 5.41) is 3.36. The maximum absolute atomic E-state index is 13.1. The van der Waals surface area contributed by atoms with E-state index >= 15 is 0 Å². The van der Waals surface area contributed by atoms with Crippen LogP contribution in [-0.2, 0) is 19.1 Å². The van der Waals surface area contributed by atoms with Crippen LogP contribution < -0.4 is 10.1 Å². The molecule has 0 unspecified atom stereocenters. The molecule has 2 aromatic carbocycles. The number of benzene rings is 2. The van der Waals surface area contributed by atoms with Crippen LogP contribution in [0.25, 0.3) is 0 Å². The minimum atomic E-state index is -0.611. The van der Waals surface area contributed by atoms with E-state index in [9.17, 15) is 14.4 Å². The highest BCUT2D eigenvalue weighted by Crippen LogP contribution is 2.50. The van der Waals surface area contributed by atoms with Crippen molar-refractivity contribution in [3.05, 3.63) is 80.8 Å². The van der Waals surface area contributed by atoms with Crippen molar-refractivity contribution in [3.8, 4) is 5.75 Å². The van der Waals surface area contributed by atoms with Gasteiger partial charge in [-0.15, -0.1) is 0 Å². The van der Waals surface area contributed by atoms with Gasteiger partial charge >= 0.3 is 0 Å². The predicted octanol–water partition coefficient (Wildman–Crippen LogP) is 6.10. The van der Waals surface area contributed by atoms with E-state index in [1.165, 1.54) is 0 Å². The third-order valence-corrected chi connectivity index (χ3v) is 7.40. The van der Waals surface area contributed by atoms with E-state index in [2.05, 4.69) is 5.32 Å². The lowest BCUT2D eigenvalue weighted by Gasteiger charge is -2.36. The standard InChI is InChI=1S/C29H28ClNO5/c1-16-6-3-7-20(17(16)2)31-26(34)15-35-23-13-12-18(30)14-19(23)27-28-21(32)8-4-10-24(28)36-25-11-5-9-22(33)29(25)27/h3,6-7,12-14,27H,4-5,8-11,15H2,1-2H3,(H,31,34). The van der Waals surface area contributed by atoms with Crippen molar-refractivity contribution in [3.63, 3.8) is 0 Å². The highest BCUT2D eigenvalue weighted by molar-refractivity contribution is 6.30. The van der Waals surface area contributed by atoms with Gasteiger partial charge in [0.25, 0.3) is 5.91 Å². The minimum absolute atomic E-state index is 0.0234. The number of hydrogen-bond acceptors (Lipinski definition) is 5. The van der Waals surface area contributed by atoms with E-state index in [1.54, 1.807) is 18.2 Å². The molecule has 7 heteroatoms. The second kappa shape index (κ2) is 9.94. The van der Waals surface area contributed by atoms with Crippen molar-refractivity contribution in [2.45, 2.75) is 58.3 Å². The van der Waals surface area contributed by atoms with Crippen LogP contribution in [0.15, 0.2) is 59.1 Å². The summed E-state index contributed by atoms with van der Waals surface area (Å²) in [5.74, 6) is 0.734. The number of Topliss-reactive ketones (excluding diaryl/α,β-unsaturated/α-hetero) is 2. The summed E-state index contributed by atoms with van der Waals surface area (Å²) in [7, 11) is 0. The first kappa shape index (κ1) is 24.3. The Morgan fingerprint density at radius 3 is 2.33 bits per heavy atom. The van der Waals surface area contributed by atoms with Gasteiger partial charge in [-0.2, -0.15) is 0 Å². The summed E-state index contributed by atoms with van der Waals surface area (Å²) >= 11 is 6.39. The lowest BCUT2D eigenvalue weighted by Crippen LogP contribution is -2.30. The van der Waals surface area contributed by atoms with Gasteiger partial charge in [-0.05, 0) is 62.1 Å². The number of allylic oxidation sites excluding steroid dienone is 4. The summed E-state index contributed by atoms with van der Waals surface area (Å²) in [4.78, 5) is 39.0. The van der Waals surface area contributed by atoms with Gasteiger partial charge in [-0.3, -0.25) is 14.4 Å². The number of rotatable bonds is 5. The van der Waals surface area contributed by atoms with Crippen molar-refractivity contribution in [2.24, 2.45) is 0 Å². The Morgan fingerprint density at radius 2 is 1.67 bits per heavy atom. The smallest absolute Gasteiger partial charge is 0.262 e. The Hall–Kier alpha value is -3.38. The van der Waals surface area contributed by atoms with Gasteiger partial charge in [0.1, 0.15) is 17.3 Å². The summed E-state index contributed by atoms with van der Waals surface area (Å²) < 4.78 is 12.1. The molecule has 36 heavy (non-hydrogen) atoms. The number of hydrogen-bond donors (Lipinski definition) is 1. The van der Waals surface area contributed by atoms with Crippen molar-refractivity contribution < 1.29 is 23.9 Å². The average molecular weight is 506 g/mol. The molecule has 0 bridgehead atoms. The zero-order valence-electron chi connectivity index (χ0n) is 20.4. The van der Waals surface area contributed by atoms with Crippen molar-refractivity contribution in [1.29, 1.82) is 0 Å². The van der Waals surface area contributed by atoms with Gasteiger partial charge in [0.15, 0.2) is 18.2 Å². The molecule has 0 aromatic heterocycles. The first-order valence-corrected chi connectivity index (χ1v) is 12.7. The summed E-state index contributed by atoms with van der Waals surface area (Å²) in [6, 6.07) is 10.8. The number of amides is 1. The van der Waals surface area contributed by atoms with Gasteiger partial charge in [0.2, 0.25) is 0 Å². The van der Waals surface area contributed by atoms with Crippen LogP contribution in [0.1, 0.15) is 61.1 Å². The molecule has 5 rings (SSSR count). The maximum Gasteiger partial charge on any atom is 0.262 e. The van der Waals surface area contributed by atoms with E-state index < -0.39 is 5.92 Å². The van der Waals surface area contributed by atoms with E-state index in [4.69, 9.17) is 21.1 Å². The molecular weight excluding hydrogens is 478 g/mol. The van der Waals surface area contributed by atoms with Crippen LogP contribution >= 0.6 is 11.6 Å². The number of ether oxygens (including phenoxy) is 2. The Kier molecular flexibility index (Phi) is 6.71. The van der Waals surface area contributed by atoms with Crippen molar-refractivity contribution in [1.82, 2.24) is 0 Å². The van der Waals surface area contributed by atoms with Crippen molar-refractivity contribution in [2.75, 3.05) is 11.9 Å². The number of carbonyl (C=O) groups excluding carboxylic acids is 3. The van der Waals surface area contributed by atoms with Gasteiger partial charge < -0.3 is 14.8 Å². The highest BCUT2D eigenvalue weighted by Gasteiger charge is 2.42. The fourth-order valence-corrected chi connectivity index (χ4v) is 5.40. The van der Waals surface area contributed by atoms with Gasteiger partial charge in [0.05, 0.1) is 5.92 Å². The topological polar surface area (TPSA) is 81.7 Å². The summed E-state index contributed by atoms with van der Waals surface area (Å²) in [6.07, 6.45) is 3.56. The molecule has 0 saturated carbocycles. The van der Waals surface area contributed by atoms with Gasteiger partial charge in [-0.25, -0.2) is 0 Å². The van der Waals surface area contributed by atoms with E-state index in [-0.39, 0.29) is 24.1 Å². The molecule has 6 nitrogen and oxygen atoms in total. The van der Waals surface area contributed by atoms with E-state index in [0.717, 1.165) is 29.7 Å². The minimum Gasteiger partial charge on any atom is -0.483 e. The molecule has 1 aliphatic heterocycles. The van der Waals surface area contributed by atoms with Crippen LogP contribution in [0.2, 0.25) is 5.02 Å². The number of anilines is 1. The Labute approximate surface area is 215 Å². The predicted molar refractivity (Wildman–Crippen MR) is 137 cm³/mol. The first-order chi connectivity index (χ1) is 17.3. The molecule has 0 fully saturated rings. The fourth-order valence-electron chi connectivity index (χ4n) is 5.22. The highest BCUT2D eigenvalue weighted by atomic mass is 35.5. The second-order valence-electron chi connectivity index (χ2n) is 9.53. The van der Waals surface area contributed by atoms with Crippen LogP contribution in [0.5, 0.6) is 5.75 Å². The van der Waals surface area contributed by atoms with Crippen LogP contribution in [0.4, 0.5) is 5.69 Å². The monoisotopic (exact) mass is 505 g/mol. The lowest BCUT2D eigenvalue weighted by atomic mass is 9.73. The molecule has 0 spiro atoms. The lowest BCUT2D eigenvalue weighted by molar-refractivity contribution is -0.119. The largest absolute Gasteiger partial charge is 0.483 e. The fraction of sp³-hybridized carbons (Fsp3) is 0.345. The molecule has 0 saturated heterocycles. The molecule has 0 radical (unpaired) electrons. The maximum atomic E-state index is 13.1. The number of nitrogens with one attached hydrogen (secondary N) is 1. The number of carbonyl (C=O) groups is 3. The third-order valence-electron chi connectivity index (χ3n) is 7.16. The summed E-state index contributed by atoms with van der Waals surface area (Å²) in [6.45, 7) is 3.71. The third kappa shape index (κ3) is 4.58. The Balaban J connectivity index is 1.48. The number of ketones is 2. The molecule has 1 amide bonds. The van der Waals surface area contributed by atoms with E-state index in [1.807, 2.05) is 32.0 Å². The number of aryl methyl sites for hydroxylation is 1. The molecule has 0 atom stereocenters. The first-order valence-electron chi connectivity index (χ1n) is 12.3. The SMILES string of the molecule is Cc1cccc(NC(=O)COc2ccc(Cl)cc2C2C3=C(CCCC3=O)OC3=C2C(=O)CCC3)c1C. The molecular formula is C29H28ClNO5. The van der Waals surface area contributed by atoms with Crippen molar-refractivity contribution >= 4 is 34.8 Å². The molecule has 1 N–H and O–H groups in total. The molecule has 2 aliphatic carbocycles. The van der Waals surface area contributed by atoms with Crippen LogP contribution in [0.3, 0.4) is 0 Å². The Morgan fingerprint density at radius 1 is 1.00 bits per heavy atom. The Bertz CT molecular complexity index is 1300. The quantitative estimate of drug-likeness (QED) is 0.530. The van der Waals surface area contributed by atoms with Crippen LogP contribution in [-0.4, -0.2) is 24.1 Å². The summed E-state index contributed by atoms with van der Waals surface area (Å²) in [5.41, 5.74) is 4.44. The normalized spacial score (nSPS) is 18.0. The number of halogens is 1. The average Bonchev–Trinajstić information content (AvgIpc) is 2.85. The zero-order valence-corrected chi connectivity index (χ0v) is 21.2.